The van der Waals surface area contributed by atoms with Crippen molar-refractivity contribution in [3.05, 3.63) is 51.7 Å². The van der Waals surface area contributed by atoms with E-state index in [0.717, 1.165) is 12.1 Å². The maximum absolute atomic E-state index is 12.8. The van der Waals surface area contributed by atoms with Crippen LogP contribution in [0.2, 0.25) is 0 Å². The number of rotatable bonds is 3. The maximum atomic E-state index is 12.8. The summed E-state index contributed by atoms with van der Waals surface area (Å²) < 4.78 is 38.3. The summed E-state index contributed by atoms with van der Waals surface area (Å²) in [4.78, 5) is 22.3. The van der Waals surface area contributed by atoms with Crippen molar-refractivity contribution in [2.24, 2.45) is 0 Å². The van der Waals surface area contributed by atoms with E-state index in [-0.39, 0.29) is 17.7 Å². The number of nitrogens with one attached hydrogen (secondary N) is 1. The Morgan fingerprint density at radius 3 is 2.65 bits per heavy atom. The van der Waals surface area contributed by atoms with Crippen LogP contribution in [0.3, 0.4) is 0 Å². The number of carbonyl (C=O) groups is 1. The molecule has 1 aromatic carbocycles. The highest BCUT2D eigenvalue weighted by Gasteiger charge is 2.48. The van der Waals surface area contributed by atoms with E-state index in [1.54, 1.807) is 0 Å². The van der Waals surface area contributed by atoms with Gasteiger partial charge in [0.15, 0.2) is 5.72 Å². The number of halogens is 3. The summed E-state index contributed by atoms with van der Waals surface area (Å²) in [6, 6.07) is 4.49. The van der Waals surface area contributed by atoms with Crippen LogP contribution in [0.25, 0.3) is 0 Å². The van der Waals surface area contributed by atoms with E-state index in [4.69, 9.17) is 0 Å². The van der Waals surface area contributed by atoms with Gasteiger partial charge < -0.3 is 5.11 Å². The van der Waals surface area contributed by atoms with Gasteiger partial charge in [0.2, 0.25) is 0 Å². The molecule has 0 bridgehead atoms. The van der Waals surface area contributed by atoms with Crippen molar-refractivity contribution < 1.29 is 28.0 Å². The summed E-state index contributed by atoms with van der Waals surface area (Å²) in [7, 11) is 0. The molecule has 10 heteroatoms. The molecule has 0 saturated heterocycles. The quantitative estimate of drug-likeness (QED) is 0.653. The van der Waals surface area contributed by atoms with Gasteiger partial charge in [-0.25, -0.2) is 5.01 Å². The molecule has 0 aromatic heterocycles. The van der Waals surface area contributed by atoms with Crippen LogP contribution in [0.5, 0.6) is 0 Å². The monoisotopic (exact) mass is 331 g/mol. The van der Waals surface area contributed by atoms with Crippen molar-refractivity contribution >= 4 is 11.6 Å². The fourth-order valence-electron chi connectivity index (χ4n) is 2.06. The molecule has 1 aliphatic rings. The summed E-state index contributed by atoms with van der Waals surface area (Å²) in [5.41, 5.74) is -2.26. The first-order chi connectivity index (χ1) is 10.6. The van der Waals surface area contributed by atoms with Crippen LogP contribution in [-0.4, -0.2) is 32.8 Å². The molecule has 124 valence electrons. The van der Waals surface area contributed by atoms with Gasteiger partial charge in [0.25, 0.3) is 11.6 Å². The van der Waals surface area contributed by atoms with E-state index < -0.39 is 28.4 Å². The van der Waals surface area contributed by atoms with Gasteiger partial charge >= 0.3 is 6.18 Å². The number of alkyl halides is 3. The van der Waals surface area contributed by atoms with Gasteiger partial charge in [-0.15, -0.1) is 0 Å². The van der Waals surface area contributed by atoms with Crippen molar-refractivity contribution in [3.8, 4) is 0 Å². The number of nitro groups is 1. The maximum Gasteiger partial charge on any atom is 0.432 e. The molecule has 1 aromatic rings. The van der Waals surface area contributed by atoms with Crippen LogP contribution in [-0.2, 0) is 0 Å². The third kappa shape index (κ3) is 3.11. The average molecular weight is 331 g/mol. The Labute approximate surface area is 128 Å². The summed E-state index contributed by atoms with van der Waals surface area (Å²) in [5, 5.41) is 21.4. The van der Waals surface area contributed by atoms with Gasteiger partial charge in [-0.3, -0.25) is 20.3 Å². The van der Waals surface area contributed by atoms with Crippen molar-refractivity contribution in [1.82, 2.24) is 10.4 Å². The topological polar surface area (TPSA) is 95.7 Å². The van der Waals surface area contributed by atoms with E-state index in [2.05, 4.69) is 0 Å². The van der Waals surface area contributed by atoms with Crippen LogP contribution >= 0.6 is 0 Å². The van der Waals surface area contributed by atoms with Gasteiger partial charge in [-0.1, -0.05) is 13.0 Å². The van der Waals surface area contributed by atoms with Crippen LogP contribution < -0.4 is 5.43 Å². The minimum atomic E-state index is -4.78. The van der Waals surface area contributed by atoms with Crippen LogP contribution in [0.1, 0.15) is 23.7 Å². The van der Waals surface area contributed by atoms with E-state index in [0.29, 0.717) is 11.1 Å². The SMILES string of the molecule is CCC1(O)C=C(C(F)(F)F)NN1C(=O)c1cccc([N+](=O)[O-])c1. The Balaban J connectivity index is 2.36. The molecule has 1 aliphatic heterocycles. The number of hydrogen-bond donors (Lipinski definition) is 2. The van der Waals surface area contributed by atoms with Crippen molar-refractivity contribution in [2.75, 3.05) is 0 Å². The number of nitro benzene ring substituents is 1. The first-order valence-electron chi connectivity index (χ1n) is 6.46. The molecule has 0 aliphatic carbocycles. The van der Waals surface area contributed by atoms with Gasteiger partial charge in [-0.05, 0) is 18.6 Å². The zero-order chi connectivity index (χ0) is 17.4. The average Bonchev–Trinajstić information content (AvgIpc) is 2.85. The molecule has 1 heterocycles. The molecule has 2 rings (SSSR count). The number of hydrazine groups is 1. The molecule has 1 amide bonds. The number of allylic oxidation sites excluding steroid dienone is 1. The lowest BCUT2D eigenvalue weighted by molar-refractivity contribution is -0.384. The number of nitrogens with zero attached hydrogens (tertiary/aromatic N) is 2. The second kappa shape index (κ2) is 5.54. The summed E-state index contributed by atoms with van der Waals surface area (Å²) in [6.07, 6.45) is -4.48. The smallest absolute Gasteiger partial charge is 0.366 e. The Bertz CT molecular complexity index is 689. The molecule has 0 fully saturated rings. The van der Waals surface area contributed by atoms with E-state index >= 15 is 0 Å². The molecule has 1 unspecified atom stereocenters. The number of benzene rings is 1. The van der Waals surface area contributed by atoms with Gasteiger partial charge in [0.1, 0.15) is 5.70 Å². The molecular formula is C13H12F3N3O4. The molecule has 0 saturated carbocycles. The fourth-order valence-corrected chi connectivity index (χ4v) is 2.06. The fraction of sp³-hybridized carbons (Fsp3) is 0.308. The largest absolute Gasteiger partial charge is 0.432 e. The lowest BCUT2D eigenvalue weighted by Crippen LogP contribution is -2.52. The number of non-ortho nitro benzene ring substituents is 1. The van der Waals surface area contributed by atoms with E-state index in [1.165, 1.54) is 19.1 Å². The molecule has 0 radical (unpaired) electrons. The van der Waals surface area contributed by atoms with Crippen LogP contribution in [0.4, 0.5) is 18.9 Å². The highest BCUT2D eigenvalue weighted by Crippen LogP contribution is 2.34. The Kier molecular flexibility index (Phi) is 4.03. The van der Waals surface area contributed by atoms with Gasteiger partial charge in [0.05, 0.1) is 4.92 Å². The van der Waals surface area contributed by atoms with Gasteiger partial charge in [-0.2, -0.15) is 13.2 Å². The lowest BCUT2D eigenvalue weighted by Gasteiger charge is -2.31. The number of aliphatic hydroxyl groups is 1. The lowest BCUT2D eigenvalue weighted by atomic mass is 10.1. The van der Waals surface area contributed by atoms with Crippen molar-refractivity contribution in [3.63, 3.8) is 0 Å². The summed E-state index contributed by atoms with van der Waals surface area (Å²) in [6.45, 7) is 1.39. The van der Waals surface area contributed by atoms with Crippen molar-refractivity contribution in [2.45, 2.75) is 25.2 Å². The Morgan fingerprint density at radius 1 is 1.48 bits per heavy atom. The number of hydrogen-bond acceptors (Lipinski definition) is 5. The predicted octanol–water partition coefficient (Wildman–Crippen LogP) is 2.10. The normalized spacial score (nSPS) is 20.9. The predicted molar refractivity (Wildman–Crippen MR) is 71.8 cm³/mol. The number of amides is 1. The minimum Gasteiger partial charge on any atom is -0.366 e. The summed E-state index contributed by atoms with van der Waals surface area (Å²) in [5.74, 6) is -1.02. The molecule has 23 heavy (non-hydrogen) atoms. The van der Waals surface area contributed by atoms with E-state index in [1.807, 2.05) is 5.43 Å². The van der Waals surface area contributed by atoms with Crippen LogP contribution in [0, 0.1) is 10.1 Å². The second-order valence-corrected chi connectivity index (χ2v) is 4.85. The third-order valence-corrected chi connectivity index (χ3v) is 3.33. The van der Waals surface area contributed by atoms with Crippen LogP contribution in [0.15, 0.2) is 36.0 Å². The number of carbonyl (C=O) groups excluding carboxylic acids is 1. The first kappa shape index (κ1) is 16.7. The molecule has 7 nitrogen and oxygen atoms in total. The molecule has 2 N–H and O–H groups in total. The molecular weight excluding hydrogens is 319 g/mol. The zero-order valence-corrected chi connectivity index (χ0v) is 11.8. The molecule has 1 atom stereocenters. The van der Waals surface area contributed by atoms with Gasteiger partial charge in [0, 0.05) is 17.7 Å². The molecule has 0 spiro atoms. The standard InChI is InChI=1S/C13H12F3N3O4/c1-2-12(21)7-10(13(14,15)16)17-18(12)11(20)8-4-3-5-9(6-8)19(22)23/h3-7,17,21H,2H2,1H3. The second-order valence-electron chi connectivity index (χ2n) is 4.85. The zero-order valence-electron chi connectivity index (χ0n) is 11.8. The first-order valence-corrected chi connectivity index (χ1v) is 6.46. The summed E-state index contributed by atoms with van der Waals surface area (Å²) >= 11 is 0. The van der Waals surface area contributed by atoms with E-state index in [9.17, 15) is 33.2 Å². The Hall–Kier alpha value is -2.62. The minimum absolute atomic E-state index is 0.208. The third-order valence-electron chi connectivity index (χ3n) is 3.33. The van der Waals surface area contributed by atoms with Crippen molar-refractivity contribution in [1.29, 1.82) is 0 Å². The Morgan fingerprint density at radius 2 is 2.13 bits per heavy atom. The highest BCUT2D eigenvalue weighted by atomic mass is 19.4. The highest BCUT2D eigenvalue weighted by molar-refractivity contribution is 5.95.